The predicted octanol–water partition coefficient (Wildman–Crippen LogP) is 1.55. The first-order valence-electron chi connectivity index (χ1n) is 6.98. The van der Waals surface area contributed by atoms with Crippen LogP contribution in [-0.2, 0) is 29.0 Å². The zero-order valence-electron chi connectivity index (χ0n) is 12.3. The van der Waals surface area contributed by atoms with Crippen molar-refractivity contribution in [2.45, 2.75) is 31.5 Å². The van der Waals surface area contributed by atoms with Crippen molar-refractivity contribution in [3.8, 4) is 0 Å². The van der Waals surface area contributed by atoms with Gasteiger partial charge in [-0.2, -0.15) is 11.3 Å². The highest BCUT2D eigenvalue weighted by atomic mass is 32.1. The van der Waals surface area contributed by atoms with Crippen molar-refractivity contribution in [1.82, 2.24) is 5.32 Å². The summed E-state index contributed by atoms with van der Waals surface area (Å²) in [6.45, 7) is 0.698. The lowest BCUT2D eigenvalue weighted by Crippen LogP contribution is -2.40. The molecule has 0 aromatic carbocycles. The normalized spacial score (nSPS) is 17.5. The molecule has 0 radical (unpaired) electrons. The fraction of sp³-hybridized carbons (Fsp3) is 0.333. The number of hydrogen-bond donors (Lipinski definition) is 4. The average Bonchev–Trinajstić information content (AvgIpc) is 3.17. The van der Waals surface area contributed by atoms with Gasteiger partial charge in [0.15, 0.2) is 0 Å². The zero-order chi connectivity index (χ0) is 16.8. The van der Waals surface area contributed by atoms with Crippen LogP contribution in [0.1, 0.15) is 16.0 Å². The minimum Gasteiger partial charge on any atom is -0.480 e. The molecule has 3 heterocycles. The maximum absolute atomic E-state index is 10.6. The number of nitrogens with two attached hydrogens (primary N) is 1. The second kappa shape index (κ2) is 8.21. The molecule has 0 aliphatic carbocycles. The van der Waals surface area contributed by atoms with Crippen LogP contribution in [0.4, 0.5) is 0 Å². The molecule has 8 heteroatoms. The van der Waals surface area contributed by atoms with E-state index >= 15 is 0 Å². The maximum atomic E-state index is 10.6. The quantitative estimate of drug-likeness (QED) is 0.663. The summed E-state index contributed by atoms with van der Waals surface area (Å²) < 4.78 is 0. The van der Waals surface area contributed by atoms with Crippen LogP contribution in [0, 0.1) is 0 Å². The van der Waals surface area contributed by atoms with Crippen molar-refractivity contribution < 1.29 is 19.8 Å². The molecule has 0 spiro atoms. The number of rotatable bonds is 4. The van der Waals surface area contributed by atoms with E-state index in [4.69, 9.17) is 15.9 Å². The van der Waals surface area contributed by atoms with Gasteiger partial charge in [-0.05, 0) is 52.2 Å². The molecule has 0 bridgehead atoms. The summed E-state index contributed by atoms with van der Waals surface area (Å²) >= 11 is 3.23. The average molecular weight is 354 g/mol. The molecule has 6 nitrogen and oxygen atoms in total. The molecule has 2 atom stereocenters. The van der Waals surface area contributed by atoms with Crippen molar-refractivity contribution in [2.75, 3.05) is 0 Å². The molecule has 0 fully saturated rings. The number of carboxylic acids is 2. The van der Waals surface area contributed by atoms with E-state index in [-0.39, 0.29) is 0 Å². The van der Waals surface area contributed by atoms with E-state index in [1.165, 1.54) is 10.4 Å². The molecule has 2 unspecified atom stereocenters. The summed E-state index contributed by atoms with van der Waals surface area (Å²) in [6.07, 6.45) is 1.03. The second-order valence-corrected chi connectivity index (χ2v) is 6.91. The Hall–Kier alpha value is -1.74. The first-order valence-corrected chi connectivity index (χ1v) is 8.80. The topological polar surface area (TPSA) is 113 Å². The van der Waals surface area contributed by atoms with Crippen LogP contribution in [0.15, 0.2) is 28.3 Å². The molecule has 1 aliphatic heterocycles. The lowest BCUT2D eigenvalue weighted by atomic mass is 10.0. The van der Waals surface area contributed by atoms with Gasteiger partial charge in [-0.15, -0.1) is 11.3 Å². The number of carbonyl (C=O) groups is 2. The summed E-state index contributed by atoms with van der Waals surface area (Å²) in [4.78, 5) is 22.2. The molecule has 0 saturated heterocycles. The number of thiophene rings is 2. The van der Waals surface area contributed by atoms with Gasteiger partial charge in [-0.3, -0.25) is 14.9 Å². The van der Waals surface area contributed by atoms with Crippen LogP contribution in [0.2, 0.25) is 0 Å². The second-order valence-electron chi connectivity index (χ2n) is 5.13. The van der Waals surface area contributed by atoms with Crippen LogP contribution in [-0.4, -0.2) is 34.2 Å². The van der Waals surface area contributed by atoms with E-state index in [9.17, 15) is 9.59 Å². The molecular formula is C15H18N2O4S2. The zero-order valence-corrected chi connectivity index (χ0v) is 13.9. The highest BCUT2D eigenvalue weighted by Gasteiger charge is 2.23. The Labute approximate surface area is 141 Å². The molecule has 0 saturated carbocycles. The predicted molar refractivity (Wildman–Crippen MR) is 89.9 cm³/mol. The Balaban J connectivity index is 0.000000168. The van der Waals surface area contributed by atoms with E-state index in [2.05, 4.69) is 5.32 Å². The van der Waals surface area contributed by atoms with Crippen molar-refractivity contribution in [3.63, 3.8) is 0 Å². The SMILES string of the molecule is NC(Cc1ccsc1)C(=O)O.O=C(O)C1Cc2ccsc2CN1. The van der Waals surface area contributed by atoms with Gasteiger partial charge in [-0.25, -0.2) is 0 Å². The minimum absolute atomic E-state index is 0.396. The Morgan fingerprint density at radius 2 is 2.13 bits per heavy atom. The van der Waals surface area contributed by atoms with Gasteiger partial charge in [0.1, 0.15) is 12.1 Å². The standard InChI is InChI=1S/C8H9NO2S.C7H9NO2S/c10-8(11)6-3-5-1-2-12-7(5)4-9-6;8-6(7(9)10)3-5-1-2-11-4-5/h1-2,6,9H,3-4H2,(H,10,11);1-2,4,6H,3,8H2,(H,9,10). The van der Waals surface area contributed by atoms with Gasteiger partial charge in [0.05, 0.1) is 0 Å². The molecule has 5 N–H and O–H groups in total. The number of hydrogen-bond acceptors (Lipinski definition) is 6. The van der Waals surface area contributed by atoms with Crippen molar-refractivity contribution in [2.24, 2.45) is 5.73 Å². The first-order chi connectivity index (χ1) is 11.0. The number of aliphatic carboxylic acids is 2. The lowest BCUT2D eigenvalue weighted by molar-refractivity contribution is -0.140. The third kappa shape index (κ3) is 5.14. The molecule has 2 aromatic heterocycles. The molecule has 3 rings (SSSR count). The summed E-state index contributed by atoms with van der Waals surface area (Å²) in [5.41, 5.74) is 7.49. The van der Waals surface area contributed by atoms with Gasteiger partial charge in [0, 0.05) is 11.4 Å². The van der Waals surface area contributed by atoms with Crippen molar-refractivity contribution >= 4 is 34.6 Å². The number of carboxylic acid groups (broad SMARTS) is 2. The largest absolute Gasteiger partial charge is 0.480 e. The molecule has 2 aromatic rings. The summed E-state index contributed by atoms with van der Waals surface area (Å²) in [5, 5.41) is 26.0. The van der Waals surface area contributed by atoms with Gasteiger partial charge < -0.3 is 15.9 Å². The van der Waals surface area contributed by atoms with E-state index in [0.29, 0.717) is 19.4 Å². The Bertz CT molecular complexity index is 654. The molecule has 1 aliphatic rings. The van der Waals surface area contributed by atoms with E-state index < -0.39 is 24.0 Å². The Morgan fingerprint density at radius 1 is 1.35 bits per heavy atom. The highest BCUT2D eigenvalue weighted by Crippen LogP contribution is 2.22. The summed E-state index contributed by atoms with van der Waals surface area (Å²) in [5.74, 6) is -1.71. The third-order valence-corrected chi connectivity index (χ3v) is 5.12. The van der Waals surface area contributed by atoms with E-state index in [1.54, 1.807) is 22.7 Å². The monoisotopic (exact) mass is 354 g/mol. The van der Waals surface area contributed by atoms with Crippen LogP contribution < -0.4 is 11.1 Å². The molecule has 124 valence electrons. The first kappa shape index (κ1) is 17.6. The van der Waals surface area contributed by atoms with Crippen LogP contribution >= 0.6 is 22.7 Å². The molecule has 0 amide bonds. The van der Waals surface area contributed by atoms with E-state index in [1.807, 2.05) is 28.3 Å². The fourth-order valence-corrected chi connectivity index (χ4v) is 3.68. The van der Waals surface area contributed by atoms with Crippen LogP contribution in [0.3, 0.4) is 0 Å². The maximum Gasteiger partial charge on any atom is 0.321 e. The van der Waals surface area contributed by atoms with Gasteiger partial charge >= 0.3 is 11.9 Å². The lowest BCUT2D eigenvalue weighted by Gasteiger charge is -2.19. The number of fused-ring (bicyclic) bond motifs is 1. The van der Waals surface area contributed by atoms with Gasteiger partial charge in [-0.1, -0.05) is 0 Å². The smallest absolute Gasteiger partial charge is 0.321 e. The summed E-state index contributed by atoms with van der Waals surface area (Å²) in [6, 6.07) is 2.72. The van der Waals surface area contributed by atoms with E-state index in [0.717, 1.165) is 5.56 Å². The van der Waals surface area contributed by atoms with Crippen LogP contribution in [0.5, 0.6) is 0 Å². The van der Waals surface area contributed by atoms with Crippen LogP contribution in [0.25, 0.3) is 0 Å². The highest BCUT2D eigenvalue weighted by molar-refractivity contribution is 7.10. The fourth-order valence-electron chi connectivity index (χ4n) is 2.14. The van der Waals surface area contributed by atoms with Crippen molar-refractivity contribution in [1.29, 1.82) is 0 Å². The molecule has 23 heavy (non-hydrogen) atoms. The van der Waals surface area contributed by atoms with Gasteiger partial charge in [0.25, 0.3) is 0 Å². The number of nitrogens with one attached hydrogen (secondary N) is 1. The summed E-state index contributed by atoms with van der Waals surface area (Å²) in [7, 11) is 0. The van der Waals surface area contributed by atoms with Gasteiger partial charge in [0.2, 0.25) is 0 Å². The Morgan fingerprint density at radius 3 is 2.74 bits per heavy atom. The third-order valence-electron chi connectivity index (χ3n) is 3.42. The van der Waals surface area contributed by atoms with Crippen molar-refractivity contribution in [3.05, 3.63) is 44.3 Å². The minimum atomic E-state index is -0.948. The Kier molecular flexibility index (Phi) is 6.28. The molecular weight excluding hydrogens is 336 g/mol.